The topological polar surface area (TPSA) is 84.2 Å². The second-order valence-electron chi connectivity index (χ2n) is 14.1. The first kappa shape index (κ1) is 35.3. The van der Waals surface area contributed by atoms with Crippen molar-refractivity contribution in [3.05, 3.63) is 138 Å². The molecule has 0 atom stereocenters. The lowest BCUT2D eigenvalue weighted by Gasteiger charge is -2.35. The average molecular weight is 686 g/mol. The van der Waals surface area contributed by atoms with Crippen LogP contribution in [0.3, 0.4) is 0 Å². The van der Waals surface area contributed by atoms with Crippen molar-refractivity contribution in [2.75, 3.05) is 5.32 Å². The van der Waals surface area contributed by atoms with Gasteiger partial charge in [0, 0.05) is 24.8 Å². The fourth-order valence-corrected chi connectivity index (χ4v) is 6.30. The van der Waals surface area contributed by atoms with Crippen LogP contribution in [0.1, 0.15) is 69.8 Å². The third-order valence-electron chi connectivity index (χ3n) is 8.91. The van der Waals surface area contributed by atoms with Crippen LogP contribution < -0.4 is 10.1 Å². The second-order valence-corrected chi connectivity index (χ2v) is 14.1. The number of carbonyl (C=O) groups is 2. The summed E-state index contributed by atoms with van der Waals surface area (Å²) in [7, 11) is 0. The van der Waals surface area contributed by atoms with Crippen LogP contribution in [0.4, 0.5) is 15.3 Å². The number of ether oxygens (including phenoxy) is 2. The van der Waals surface area contributed by atoms with E-state index in [0.717, 1.165) is 53.7 Å². The van der Waals surface area contributed by atoms with Crippen molar-refractivity contribution in [3.8, 4) is 22.6 Å². The number of para-hydroxylation sites is 1. The number of hydrogen-bond donors (Lipinski definition) is 1. The average Bonchev–Trinajstić information content (AvgIpc) is 3.65. The summed E-state index contributed by atoms with van der Waals surface area (Å²) in [5.41, 5.74) is 4.34. The summed E-state index contributed by atoms with van der Waals surface area (Å²) in [5.74, 6) is 2.13. The number of anilines is 1. The van der Waals surface area contributed by atoms with E-state index in [1.54, 1.807) is 11.2 Å². The molecule has 0 spiro atoms. The molecule has 51 heavy (non-hydrogen) atoms. The lowest BCUT2D eigenvalue weighted by atomic mass is 9.94. The molecule has 1 saturated carbocycles. The fraction of sp³-hybridized carbons (Fsp3) is 0.302. The first-order valence-corrected chi connectivity index (χ1v) is 17.8. The SMILES string of the molecule is CC(C)(C)OC(=O)N(Cc1ccc(-c2ccc(CN(Cc3ccco3)C(=O)Nc3ccc(Oc4ccccc4)cc3)cc2)cc1)C1CCCCC1. The second kappa shape index (κ2) is 16.5. The van der Waals surface area contributed by atoms with E-state index in [1.807, 2.05) is 92.4 Å². The van der Waals surface area contributed by atoms with Crippen LogP contribution in [-0.2, 0) is 24.4 Å². The van der Waals surface area contributed by atoms with Gasteiger partial charge in [0.2, 0.25) is 0 Å². The molecule has 264 valence electrons. The minimum absolute atomic E-state index is 0.204. The number of benzene rings is 4. The summed E-state index contributed by atoms with van der Waals surface area (Å²) in [6.45, 7) is 6.98. The van der Waals surface area contributed by atoms with E-state index >= 15 is 0 Å². The molecule has 0 aliphatic heterocycles. The Labute approximate surface area is 301 Å². The zero-order chi connectivity index (χ0) is 35.6. The highest BCUT2D eigenvalue weighted by molar-refractivity contribution is 5.89. The first-order valence-electron chi connectivity index (χ1n) is 17.8. The monoisotopic (exact) mass is 685 g/mol. The maximum absolute atomic E-state index is 13.5. The van der Waals surface area contributed by atoms with Crippen LogP contribution in [0.2, 0.25) is 0 Å². The molecule has 0 saturated heterocycles. The number of carbonyl (C=O) groups excluding carboxylic acids is 2. The number of nitrogens with one attached hydrogen (secondary N) is 1. The maximum Gasteiger partial charge on any atom is 0.410 e. The van der Waals surface area contributed by atoms with E-state index in [9.17, 15) is 9.59 Å². The Bertz CT molecular complexity index is 1830. The van der Waals surface area contributed by atoms with Crippen LogP contribution in [0, 0.1) is 0 Å². The molecule has 8 nitrogen and oxygen atoms in total. The van der Waals surface area contributed by atoms with Crippen LogP contribution >= 0.6 is 0 Å². The van der Waals surface area contributed by atoms with Gasteiger partial charge in [-0.15, -0.1) is 0 Å². The van der Waals surface area contributed by atoms with E-state index in [0.29, 0.717) is 36.8 Å². The van der Waals surface area contributed by atoms with Crippen molar-refractivity contribution in [1.29, 1.82) is 0 Å². The minimum Gasteiger partial charge on any atom is -0.467 e. The summed E-state index contributed by atoms with van der Waals surface area (Å²) in [5, 5.41) is 3.02. The van der Waals surface area contributed by atoms with Crippen molar-refractivity contribution in [3.63, 3.8) is 0 Å². The summed E-state index contributed by atoms with van der Waals surface area (Å²) >= 11 is 0. The molecule has 1 heterocycles. The molecule has 1 aliphatic carbocycles. The van der Waals surface area contributed by atoms with E-state index in [4.69, 9.17) is 13.9 Å². The van der Waals surface area contributed by atoms with Gasteiger partial charge in [-0.1, -0.05) is 86.0 Å². The standard InChI is InChI=1S/C43H47N3O5/c1-43(2,3)51-42(48)46(37-11-6-4-7-12-37)30-33-18-22-35(23-19-33)34-20-16-32(17-21-34)29-45(31-40-15-10-28-49-40)41(47)44-36-24-26-39(27-25-36)50-38-13-8-5-9-14-38/h5,8-10,13-28,37H,4,6-7,11-12,29-31H2,1-3H3,(H,44,47). The molecule has 1 aliphatic rings. The Morgan fingerprint density at radius 2 is 1.31 bits per heavy atom. The maximum atomic E-state index is 13.5. The number of urea groups is 1. The smallest absolute Gasteiger partial charge is 0.410 e. The number of hydrogen-bond acceptors (Lipinski definition) is 5. The number of nitrogens with zero attached hydrogens (tertiary/aromatic N) is 2. The fourth-order valence-electron chi connectivity index (χ4n) is 6.30. The van der Waals surface area contributed by atoms with Gasteiger partial charge in [-0.25, -0.2) is 9.59 Å². The zero-order valence-corrected chi connectivity index (χ0v) is 29.7. The molecule has 5 aromatic rings. The van der Waals surface area contributed by atoms with Gasteiger partial charge in [-0.2, -0.15) is 0 Å². The molecule has 1 N–H and O–H groups in total. The molecule has 0 bridgehead atoms. The van der Waals surface area contributed by atoms with E-state index < -0.39 is 5.60 Å². The van der Waals surface area contributed by atoms with Crippen molar-refractivity contribution in [1.82, 2.24) is 9.80 Å². The molecule has 3 amide bonds. The van der Waals surface area contributed by atoms with Gasteiger partial charge in [-0.3, -0.25) is 0 Å². The summed E-state index contributed by atoms with van der Waals surface area (Å²) in [6, 6.07) is 37.2. The summed E-state index contributed by atoms with van der Waals surface area (Å²) in [4.78, 5) is 30.4. The number of amides is 3. The first-order chi connectivity index (χ1) is 24.7. The normalized spacial score (nSPS) is 13.3. The quantitative estimate of drug-likeness (QED) is 0.150. The predicted molar refractivity (Wildman–Crippen MR) is 200 cm³/mol. The van der Waals surface area contributed by atoms with E-state index in [2.05, 4.69) is 53.8 Å². The highest BCUT2D eigenvalue weighted by atomic mass is 16.6. The largest absolute Gasteiger partial charge is 0.467 e. The van der Waals surface area contributed by atoms with E-state index in [1.165, 1.54) is 6.42 Å². The Morgan fingerprint density at radius 1 is 0.706 bits per heavy atom. The van der Waals surface area contributed by atoms with Crippen LogP contribution in [0.15, 0.2) is 126 Å². The van der Waals surface area contributed by atoms with Crippen molar-refractivity contribution in [2.24, 2.45) is 0 Å². The van der Waals surface area contributed by atoms with Crippen LogP contribution in [-0.4, -0.2) is 33.6 Å². The van der Waals surface area contributed by atoms with Crippen molar-refractivity contribution in [2.45, 2.75) is 84.2 Å². The van der Waals surface area contributed by atoms with Gasteiger partial charge < -0.3 is 29.0 Å². The molecule has 4 aromatic carbocycles. The molecule has 8 heteroatoms. The Kier molecular flexibility index (Phi) is 11.4. The Hall–Kier alpha value is -5.50. The lowest BCUT2D eigenvalue weighted by molar-refractivity contribution is 0.00988. The van der Waals surface area contributed by atoms with Gasteiger partial charge in [0.05, 0.1) is 12.8 Å². The third-order valence-corrected chi connectivity index (χ3v) is 8.91. The molecule has 1 aromatic heterocycles. The van der Waals surface area contributed by atoms with Crippen molar-refractivity contribution < 1.29 is 23.5 Å². The van der Waals surface area contributed by atoms with Gasteiger partial charge in [-0.05, 0) is 104 Å². The highest BCUT2D eigenvalue weighted by Crippen LogP contribution is 2.28. The predicted octanol–water partition coefficient (Wildman–Crippen LogP) is 11.0. The zero-order valence-electron chi connectivity index (χ0n) is 29.7. The van der Waals surface area contributed by atoms with Crippen molar-refractivity contribution >= 4 is 17.8 Å². The van der Waals surface area contributed by atoms with Gasteiger partial charge >= 0.3 is 12.1 Å². The summed E-state index contributed by atoms with van der Waals surface area (Å²) < 4.78 is 17.3. The Morgan fingerprint density at radius 3 is 1.90 bits per heavy atom. The van der Waals surface area contributed by atoms with Gasteiger partial charge in [0.25, 0.3) is 0 Å². The van der Waals surface area contributed by atoms with Crippen LogP contribution in [0.25, 0.3) is 11.1 Å². The van der Waals surface area contributed by atoms with Gasteiger partial charge in [0.1, 0.15) is 22.9 Å². The molecular formula is C43H47N3O5. The van der Waals surface area contributed by atoms with Crippen LogP contribution in [0.5, 0.6) is 11.5 Å². The van der Waals surface area contributed by atoms with E-state index in [-0.39, 0.29) is 18.2 Å². The molecule has 0 unspecified atom stereocenters. The molecule has 6 rings (SSSR count). The number of furan rings is 1. The minimum atomic E-state index is -0.537. The summed E-state index contributed by atoms with van der Waals surface area (Å²) in [6.07, 6.45) is 6.91. The molecule has 1 fully saturated rings. The molecular weight excluding hydrogens is 638 g/mol. The highest BCUT2D eigenvalue weighted by Gasteiger charge is 2.29. The number of rotatable bonds is 11. The van der Waals surface area contributed by atoms with Gasteiger partial charge in [0.15, 0.2) is 0 Å². The Balaban J connectivity index is 1.10. The third kappa shape index (κ3) is 10.3. The molecule has 0 radical (unpaired) electrons. The lowest BCUT2D eigenvalue weighted by Crippen LogP contribution is -2.43.